The summed E-state index contributed by atoms with van der Waals surface area (Å²) >= 11 is 0. The van der Waals surface area contributed by atoms with E-state index < -0.39 is 5.82 Å². The zero-order chi connectivity index (χ0) is 12.4. The third-order valence-electron chi connectivity index (χ3n) is 2.60. The minimum Gasteiger partial charge on any atom is -0.287 e. The molecule has 2 nitrogen and oxygen atoms in total. The van der Waals surface area contributed by atoms with Gasteiger partial charge in [0.05, 0.1) is 0 Å². The van der Waals surface area contributed by atoms with Crippen molar-refractivity contribution in [2.45, 2.75) is 13.8 Å². The fraction of sp³-hybridized carbons (Fsp3) is 0.143. The molecule has 2 rings (SSSR count). The summed E-state index contributed by atoms with van der Waals surface area (Å²) in [4.78, 5) is 15.9. The van der Waals surface area contributed by atoms with E-state index in [4.69, 9.17) is 0 Å². The average Bonchev–Trinajstić information content (AvgIpc) is 2.29. The molecule has 0 bridgehead atoms. The van der Waals surface area contributed by atoms with Crippen LogP contribution in [0.4, 0.5) is 4.39 Å². The van der Waals surface area contributed by atoms with Gasteiger partial charge in [-0.2, -0.15) is 0 Å². The number of pyridine rings is 1. The third-order valence-corrected chi connectivity index (χ3v) is 2.60. The number of rotatable bonds is 2. The van der Waals surface area contributed by atoms with Crippen molar-refractivity contribution in [3.05, 3.63) is 64.7 Å². The highest BCUT2D eigenvalue weighted by molar-refractivity contribution is 6.08. The molecule has 0 amide bonds. The van der Waals surface area contributed by atoms with Crippen LogP contribution in [0.3, 0.4) is 0 Å². The lowest BCUT2D eigenvalue weighted by molar-refractivity contribution is 0.102. The summed E-state index contributed by atoms with van der Waals surface area (Å²) in [7, 11) is 0. The van der Waals surface area contributed by atoms with Gasteiger partial charge in [-0.05, 0) is 31.5 Å². The van der Waals surface area contributed by atoms with E-state index in [1.165, 1.54) is 18.3 Å². The lowest BCUT2D eigenvalue weighted by Gasteiger charge is -2.06. The van der Waals surface area contributed by atoms with Crippen LogP contribution >= 0.6 is 0 Å². The normalized spacial score (nSPS) is 10.3. The molecule has 1 aromatic heterocycles. The highest BCUT2D eigenvalue weighted by Crippen LogP contribution is 2.16. The Kier molecular flexibility index (Phi) is 3.00. The van der Waals surface area contributed by atoms with Crippen molar-refractivity contribution in [3.63, 3.8) is 0 Å². The van der Waals surface area contributed by atoms with Gasteiger partial charge in [0.1, 0.15) is 5.69 Å². The zero-order valence-corrected chi connectivity index (χ0v) is 9.70. The van der Waals surface area contributed by atoms with E-state index in [1.54, 1.807) is 6.07 Å². The molecular weight excluding hydrogens is 217 g/mol. The third kappa shape index (κ3) is 2.23. The van der Waals surface area contributed by atoms with Crippen molar-refractivity contribution in [2.24, 2.45) is 0 Å². The van der Waals surface area contributed by atoms with Crippen LogP contribution in [0.25, 0.3) is 0 Å². The summed E-state index contributed by atoms with van der Waals surface area (Å²) < 4.78 is 13.5. The topological polar surface area (TPSA) is 30.0 Å². The minimum atomic E-state index is -0.586. The zero-order valence-electron chi connectivity index (χ0n) is 9.70. The Labute approximate surface area is 99.1 Å². The van der Waals surface area contributed by atoms with E-state index in [9.17, 15) is 9.18 Å². The number of carbonyl (C=O) groups excluding carboxylic acids is 1. The quantitative estimate of drug-likeness (QED) is 0.741. The van der Waals surface area contributed by atoms with Gasteiger partial charge >= 0.3 is 0 Å². The van der Waals surface area contributed by atoms with E-state index in [2.05, 4.69) is 4.98 Å². The van der Waals surface area contributed by atoms with Gasteiger partial charge in [-0.3, -0.25) is 4.79 Å². The van der Waals surface area contributed by atoms with Crippen molar-refractivity contribution in [2.75, 3.05) is 0 Å². The SMILES string of the molecule is Cc1ccc(C(=O)c2ncccc2F)c(C)c1. The van der Waals surface area contributed by atoms with Crippen molar-refractivity contribution in [1.29, 1.82) is 0 Å². The molecule has 1 heterocycles. The molecule has 86 valence electrons. The molecule has 0 radical (unpaired) electrons. The van der Waals surface area contributed by atoms with Gasteiger partial charge in [-0.1, -0.05) is 23.8 Å². The van der Waals surface area contributed by atoms with Crippen LogP contribution in [0.5, 0.6) is 0 Å². The second-order valence-electron chi connectivity index (χ2n) is 3.98. The first kappa shape index (κ1) is 11.5. The standard InChI is InChI=1S/C14H12FNO/c1-9-5-6-11(10(2)8-9)14(17)13-12(15)4-3-7-16-13/h3-8H,1-2H3. The first-order valence-corrected chi connectivity index (χ1v) is 5.32. The van der Waals surface area contributed by atoms with Crippen LogP contribution in [0.15, 0.2) is 36.5 Å². The van der Waals surface area contributed by atoms with Crippen LogP contribution in [0, 0.1) is 19.7 Å². The molecule has 0 aliphatic rings. The maximum atomic E-state index is 13.5. The molecule has 0 aliphatic carbocycles. The molecule has 0 aliphatic heterocycles. The van der Waals surface area contributed by atoms with E-state index >= 15 is 0 Å². The molecule has 2 aromatic rings. The van der Waals surface area contributed by atoms with E-state index in [1.807, 2.05) is 26.0 Å². The van der Waals surface area contributed by atoms with E-state index in [-0.39, 0.29) is 11.5 Å². The van der Waals surface area contributed by atoms with Crippen LogP contribution < -0.4 is 0 Å². The Hall–Kier alpha value is -2.03. The Morgan fingerprint density at radius 2 is 2.00 bits per heavy atom. The maximum Gasteiger partial charge on any atom is 0.214 e. The number of carbonyl (C=O) groups is 1. The van der Waals surface area contributed by atoms with Crippen LogP contribution in [0.2, 0.25) is 0 Å². The van der Waals surface area contributed by atoms with Gasteiger partial charge in [-0.25, -0.2) is 9.37 Å². The number of halogens is 1. The molecule has 0 unspecified atom stereocenters. The van der Waals surface area contributed by atoms with Gasteiger partial charge in [0.2, 0.25) is 5.78 Å². The number of hydrogen-bond donors (Lipinski definition) is 0. The maximum absolute atomic E-state index is 13.5. The van der Waals surface area contributed by atoms with Gasteiger partial charge in [0.25, 0.3) is 0 Å². The van der Waals surface area contributed by atoms with Crippen LogP contribution in [0.1, 0.15) is 27.2 Å². The summed E-state index contributed by atoms with van der Waals surface area (Å²) in [5.41, 5.74) is 2.27. The van der Waals surface area contributed by atoms with Crippen LogP contribution in [-0.4, -0.2) is 10.8 Å². The lowest BCUT2D eigenvalue weighted by Crippen LogP contribution is -2.08. The highest BCUT2D eigenvalue weighted by atomic mass is 19.1. The predicted molar refractivity (Wildman–Crippen MR) is 63.5 cm³/mol. The van der Waals surface area contributed by atoms with Crippen molar-refractivity contribution in [1.82, 2.24) is 4.98 Å². The highest BCUT2D eigenvalue weighted by Gasteiger charge is 2.16. The van der Waals surface area contributed by atoms with E-state index in [0.29, 0.717) is 5.56 Å². The van der Waals surface area contributed by atoms with Gasteiger partial charge in [-0.15, -0.1) is 0 Å². The molecule has 0 spiro atoms. The molecule has 0 saturated heterocycles. The fourth-order valence-corrected chi connectivity index (χ4v) is 1.75. The van der Waals surface area contributed by atoms with Crippen molar-refractivity contribution >= 4 is 5.78 Å². The molecule has 0 saturated carbocycles. The Balaban J connectivity index is 2.48. The van der Waals surface area contributed by atoms with Crippen LogP contribution in [-0.2, 0) is 0 Å². The summed E-state index contributed by atoms with van der Waals surface area (Å²) in [6.45, 7) is 3.78. The number of hydrogen-bond acceptors (Lipinski definition) is 2. The summed E-state index contributed by atoms with van der Waals surface area (Å²) in [5, 5.41) is 0. The van der Waals surface area contributed by atoms with Gasteiger partial charge in [0, 0.05) is 11.8 Å². The smallest absolute Gasteiger partial charge is 0.214 e. The Morgan fingerprint density at radius 1 is 1.24 bits per heavy atom. The Bertz CT molecular complexity index is 578. The second kappa shape index (κ2) is 4.45. The van der Waals surface area contributed by atoms with Crippen molar-refractivity contribution < 1.29 is 9.18 Å². The number of nitrogens with zero attached hydrogens (tertiary/aromatic N) is 1. The average molecular weight is 229 g/mol. The molecule has 0 fully saturated rings. The molecule has 17 heavy (non-hydrogen) atoms. The monoisotopic (exact) mass is 229 g/mol. The van der Waals surface area contributed by atoms with Gasteiger partial charge in [0.15, 0.2) is 5.82 Å². The molecular formula is C14H12FNO. The first-order chi connectivity index (χ1) is 8.09. The molecule has 1 aromatic carbocycles. The molecule has 3 heteroatoms. The Morgan fingerprint density at radius 3 is 2.65 bits per heavy atom. The molecule has 0 atom stereocenters. The number of aryl methyl sites for hydroxylation is 2. The molecule has 0 N–H and O–H groups in total. The van der Waals surface area contributed by atoms with E-state index in [0.717, 1.165) is 11.1 Å². The van der Waals surface area contributed by atoms with Crippen molar-refractivity contribution in [3.8, 4) is 0 Å². The summed E-state index contributed by atoms with van der Waals surface area (Å²) in [6, 6.07) is 8.15. The minimum absolute atomic E-state index is 0.126. The number of benzene rings is 1. The first-order valence-electron chi connectivity index (χ1n) is 5.32. The van der Waals surface area contributed by atoms with Gasteiger partial charge < -0.3 is 0 Å². The lowest BCUT2D eigenvalue weighted by atomic mass is 10.00. The number of aromatic nitrogens is 1. The fourth-order valence-electron chi connectivity index (χ4n) is 1.75. The number of ketones is 1. The second-order valence-corrected chi connectivity index (χ2v) is 3.98. The predicted octanol–water partition coefficient (Wildman–Crippen LogP) is 3.07. The largest absolute Gasteiger partial charge is 0.287 e. The summed E-state index contributed by atoms with van der Waals surface area (Å²) in [5.74, 6) is -0.960. The summed E-state index contributed by atoms with van der Waals surface area (Å²) in [6.07, 6.45) is 1.42.